The van der Waals surface area contributed by atoms with Gasteiger partial charge in [-0.25, -0.2) is 0 Å². The van der Waals surface area contributed by atoms with E-state index in [9.17, 15) is 0 Å². The van der Waals surface area contributed by atoms with Crippen LogP contribution in [-0.2, 0) is 11.3 Å². The van der Waals surface area contributed by atoms with Gasteiger partial charge in [0.05, 0.1) is 6.04 Å². The van der Waals surface area contributed by atoms with Crippen LogP contribution < -0.4 is 5.73 Å². The van der Waals surface area contributed by atoms with E-state index >= 15 is 0 Å². The van der Waals surface area contributed by atoms with Crippen molar-refractivity contribution in [2.24, 2.45) is 5.73 Å². The first-order chi connectivity index (χ1) is 5.24. The van der Waals surface area contributed by atoms with Crippen molar-refractivity contribution >= 4 is 0 Å². The first-order valence-corrected chi connectivity index (χ1v) is 3.57. The van der Waals surface area contributed by atoms with Gasteiger partial charge in [-0.2, -0.15) is 0 Å². The Morgan fingerprint density at radius 1 is 1.64 bits per heavy atom. The zero-order chi connectivity index (χ0) is 8.27. The van der Waals surface area contributed by atoms with Crippen LogP contribution in [0.25, 0.3) is 0 Å². The van der Waals surface area contributed by atoms with Crippen molar-refractivity contribution in [3.05, 3.63) is 23.7 Å². The maximum atomic E-state index is 5.59. The van der Waals surface area contributed by atoms with Crippen molar-refractivity contribution in [1.29, 1.82) is 0 Å². The van der Waals surface area contributed by atoms with Gasteiger partial charge >= 0.3 is 0 Å². The highest BCUT2D eigenvalue weighted by Gasteiger charge is 2.04. The van der Waals surface area contributed by atoms with Crippen LogP contribution in [0, 0.1) is 0 Å². The van der Waals surface area contributed by atoms with Crippen LogP contribution in [0.5, 0.6) is 0 Å². The summed E-state index contributed by atoms with van der Waals surface area (Å²) < 4.78 is 10.2. The Bertz CT molecular complexity index is 218. The molecule has 0 aliphatic carbocycles. The van der Waals surface area contributed by atoms with Crippen LogP contribution in [-0.4, -0.2) is 7.11 Å². The van der Waals surface area contributed by atoms with Gasteiger partial charge in [0.1, 0.15) is 18.1 Å². The number of ether oxygens (including phenoxy) is 1. The van der Waals surface area contributed by atoms with Gasteiger partial charge in [-0.05, 0) is 19.1 Å². The molecule has 0 amide bonds. The molecule has 0 unspecified atom stereocenters. The lowest BCUT2D eigenvalue weighted by atomic mass is 10.3. The van der Waals surface area contributed by atoms with Gasteiger partial charge in [0.25, 0.3) is 0 Å². The molecule has 1 heterocycles. The maximum absolute atomic E-state index is 5.59. The van der Waals surface area contributed by atoms with Crippen molar-refractivity contribution in [3.63, 3.8) is 0 Å². The summed E-state index contributed by atoms with van der Waals surface area (Å²) in [6.07, 6.45) is 0. The molecule has 1 aromatic heterocycles. The molecule has 0 bridgehead atoms. The Balaban J connectivity index is 2.66. The molecule has 0 fully saturated rings. The summed E-state index contributed by atoms with van der Waals surface area (Å²) in [5.74, 6) is 1.62. The molecule has 1 atom stereocenters. The van der Waals surface area contributed by atoms with E-state index in [4.69, 9.17) is 14.9 Å². The Labute approximate surface area is 66.1 Å². The summed E-state index contributed by atoms with van der Waals surface area (Å²) in [6, 6.07) is 3.71. The van der Waals surface area contributed by atoms with Crippen LogP contribution in [0.4, 0.5) is 0 Å². The van der Waals surface area contributed by atoms with E-state index < -0.39 is 0 Å². The third kappa shape index (κ3) is 2.06. The Morgan fingerprint density at radius 3 is 2.82 bits per heavy atom. The van der Waals surface area contributed by atoms with Crippen molar-refractivity contribution < 1.29 is 9.15 Å². The Kier molecular flexibility index (Phi) is 2.68. The lowest BCUT2D eigenvalue weighted by Crippen LogP contribution is -2.02. The number of hydrogen-bond donors (Lipinski definition) is 1. The lowest BCUT2D eigenvalue weighted by Gasteiger charge is -1.98. The number of methoxy groups -OCH3 is 1. The predicted molar refractivity (Wildman–Crippen MR) is 42.0 cm³/mol. The topological polar surface area (TPSA) is 48.4 Å². The fraction of sp³-hybridized carbons (Fsp3) is 0.500. The van der Waals surface area contributed by atoms with Crippen molar-refractivity contribution in [2.45, 2.75) is 19.6 Å². The van der Waals surface area contributed by atoms with Gasteiger partial charge in [0, 0.05) is 7.11 Å². The Hall–Kier alpha value is -0.800. The largest absolute Gasteiger partial charge is 0.462 e. The van der Waals surface area contributed by atoms with Crippen LogP contribution in [0.3, 0.4) is 0 Å². The molecule has 0 aliphatic heterocycles. The van der Waals surface area contributed by atoms with Crippen LogP contribution in [0.15, 0.2) is 16.5 Å². The quantitative estimate of drug-likeness (QED) is 0.718. The van der Waals surface area contributed by atoms with Crippen LogP contribution >= 0.6 is 0 Å². The zero-order valence-electron chi connectivity index (χ0n) is 6.83. The first-order valence-electron chi connectivity index (χ1n) is 3.57. The second kappa shape index (κ2) is 3.55. The van der Waals surface area contributed by atoms with E-state index in [0.717, 1.165) is 11.5 Å². The van der Waals surface area contributed by atoms with Gasteiger partial charge in [-0.15, -0.1) is 0 Å². The van der Waals surface area contributed by atoms with Gasteiger partial charge in [-0.1, -0.05) is 0 Å². The molecule has 1 aromatic rings. The second-order valence-electron chi connectivity index (χ2n) is 2.53. The Morgan fingerprint density at radius 2 is 2.36 bits per heavy atom. The van der Waals surface area contributed by atoms with Gasteiger partial charge in [-0.3, -0.25) is 0 Å². The second-order valence-corrected chi connectivity index (χ2v) is 2.53. The van der Waals surface area contributed by atoms with Crippen molar-refractivity contribution in [2.75, 3.05) is 7.11 Å². The molecule has 0 saturated heterocycles. The molecule has 0 spiro atoms. The highest BCUT2D eigenvalue weighted by atomic mass is 16.5. The average Bonchev–Trinajstić information content (AvgIpc) is 2.37. The molecule has 11 heavy (non-hydrogen) atoms. The van der Waals surface area contributed by atoms with E-state index in [-0.39, 0.29) is 6.04 Å². The van der Waals surface area contributed by atoms with Crippen LogP contribution in [0.2, 0.25) is 0 Å². The average molecular weight is 155 g/mol. The number of furan rings is 1. The monoisotopic (exact) mass is 155 g/mol. The molecule has 2 N–H and O–H groups in total. The SMILES string of the molecule is COCc1ccc([C@H](C)N)o1. The number of hydrogen-bond acceptors (Lipinski definition) is 3. The highest BCUT2D eigenvalue weighted by Crippen LogP contribution is 2.14. The molecule has 62 valence electrons. The summed E-state index contributed by atoms with van der Waals surface area (Å²) in [7, 11) is 1.63. The molecule has 0 aliphatic rings. The summed E-state index contributed by atoms with van der Waals surface area (Å²) in [5, 5.41) is 0. The van der Waals surface area contributed by atoms with Crippen molar-refractivity contribution in [1.82, 2.24) is 0 Å². The zero-order valence-corrected chi connectivity index (χ0v) is 6.83. The normalized spacial score (nSPS) is 13.4. The molecule has 0 aromatic carbocycles. The highest BCUT2D eigenvalue weighted by molar-refractivity contribution is 5.08. The summed E-state index contributed by atoms with van der Waals surface area (Å²) in [4.78, 5) is 0. The minimum atomic E-state index is -0.0411. The first kappa shape index (κ1) is 8.30. The molecular weight excluding hydrogens is 142 g/mol. The van der Waals surface area contributed by atoms with Crippen LogP contribution in [0.1, 0.15) is 24.5 Å². The van der Waals surface area contributed by atoms with Gasteiger partial charge in [0.15, 0.2) is 0 Å². The summed E-state index contributed by atoms with van der Waals surface area (Å²) in [6.45, 7) is 2.39. The fourth-order valence-corrected chi connectivity index (χ4v) is 0.859. The van der Waals surface area contributed by atoms with Gasteiger partial charge in [0.2, 0.25) is 0 Å². The number of nitrogens with two attached hydrogens (primary N) is 1. The fourth-order valence-electron chi connectivity index (χ4n) is 0.859. The standard InChI is InChI=1S/C8H13NO2/c1-6(9)8-4-3-7(11-8)5-10-2/h3-4,6H,5,9H2,1-2H3/t6-/m0/s1. The molecule has 0 radical (unpaired) electrons. The number of rotatable bonds is 3. The molecule has 3 heteroatoms. The molecule has 1 rings (SSSR count). The lowest BCUT2D eigenvalue weighted by molar-refractivity contribution is 0.162. The third-order valence-corrected chi connectivity index (χ3v) is 1.42. The third-order valence-electron chi connectivity index (χ3n) is 1.42. The molecule has 0 saturated carbocycles. The van der Waals surface area contributed by atoms with E-state index in [0.29, 0.717) is 6.61 Å². The van der Waals surface area contributed by atoms with Gasteiger partial charge < -0.3 is 14.9 Å². The maximum Gasteiger partial charge on any atom is 0.129 e. The minimum Gasteiger partial charge on any atom is -0.462 e. The minimum absolute atomic E-state index is 0.0411. The smallest absolute Gasteiger partial charge is 0.129 e. The van der Waals surface area contributed by atoms with E-state index in [1.165, 1.54) is 0 Å². The van der Waals surface area contributed by atoms with E-state index in [1.54, 1.807) is 7.11 Å². The van der Waals surface area contributed by atoms with Crippen molar-refractivity contribution in [3.8, 4) is 0 Å². The predicted octanol–water partition coefficient (Wildman–Crippen LogP) is 1.45. The van der Waals surface area contributed by atoms with E-state index in [1.807, 2.05) is 19.1 Å². The summed E-state index contributed by atoms with van der Waals surface area (Å²) in [5.41, 5.74) is 5.59. The van der Waals surface area contributed by atoms with E-state index in [2.05, 4.69) is 0 Å². The molecule has 3 nitrogen and oxygen atoms in total. The summed E-state index contributed by atoms with van der Waals surface area (Å²) >= 11 is 0. The molecular formula is C8H13NO2.